The van der Waals surface area contributed by atoms with E-state index in [1.165, 1.54) is 38.5 Å². The van der Waals surface area contributed by atoms with Crippen molar-refractivity contribution in [3.8, 4) is 0 Å². The van der Waals surface area contributed by atoms with Crippen LogP contribution in [0.2, 0.25) is 0 Å². The van der Waals surface area contributed by atoms with Gasteiger partial charge in [0.15, 0.2) is 5.96 Å². The molecule has 6 heteroatoms. The molecule has 0 radical (unpaired) electrons. The van der Waals surface area contributed by atoms with Crippen LogP contribution in [0.3, 0.4) is 0 Å². The summed E-state index contributed by atoms with van der Waals surface area (Å²) in [7, 11) is 1.66. The van der Waals surface area contributed by atoms with Crippen molar-refractivity contribution in [2.24, 2.45) is 10.7 Å². The van der Waals surface area contributed by atoms with E-state index in [2.05, 4.69) is 17.2 Å². The standard InChI is InChI=1S/C15H33N3O2.HI/c1-3-4-5-6-7-8-12-20-13-9-10-17-15(16)18-11-14-19-2;/h3-14H2,1-2H3,(H3,16,17,18);1H. The lowest BCUT2D eigenvalue weighted by molar-refractivity contribution is 0.129. The van der Waals surface area contributed by atoms with E-state index in [1.807, 2.05) is 0 Å². The van der Waals surface area contributed by atoms with Gasteiger partial charge in [-0.15, -0.1) is 24.0 Å². The highest BCUT2D eigenvalue weighted by Crippen LogP contribution is 2.04. The van der Waals surface area contributed by atoms with Gasteiger partial charge in [-0.25, -0.2) is 0 Å². The molecule has 128 valence electrons. The molecule has 0 amide bonds. The molecule has 5 nitrogen and oxygen atoms in total. The molecule has 0 rings (SSSR count). The minimum atomic E-state index is 0. The van der Waals surface area contributed by atoms with E-state index in [4.69, 9.17) is 15.2 Å². The molecule has 0 unspecified atom stereocenters. The van der Waals surface area contributed by atoms with Crippen molar-refractivity contribution >= 4 is 29.9 Å². The molecular formula is C15H34IN3O2. The first-order valence-corrected chi connectivity index (χ1v) is 7.91. The summed E-state index contributed by atoms with van der Waals surface area (Å²) >= 11 is 0. The van der Waals surface area contributed by atoms with Crippen LogP contribution >= 0.6 is 24.0 Å². The van der Waals surface area contributed by atoms with Crippen molar-refractivity contribution in [3.63, 3.8) is 0 Å². The highest BCUT2D eigenvalue weighted by molar-refractivity contribution is 14.0. The maximum atomic E-state index is 5.68. The van der Waals surface area contributed by atoms with Gasteiger partial charge in [-0.2, -0.15) is 0 Å². The predicted molar refractivity (Wildman–Crippen MR) is 101 cm³/mol. The van der Waals surface area contributed by atoms with Gasteiger partial charge in [0, 0.05) is 33.4 Å². The van der Waals surface area contributed by atoms with Crippen LogP contribution in [-0.2, 0) is 9.47 Å². The van der Waals surface area contributed by atoms with E-state index >= 15 is 0 Å². The third-order valence-corrected chi connectivity index (χ3v) is 2.98. The number of unbranched alkanes of at least 4 members (excludes halogenated alkanes) is 5. The highest BCUT2D eigenvalue weighted by atomic mass is 127. The third kappa shape index (κ3) is 19.9. The minimum Gasteiger partial charge on any atom is -0.383 e. The van der Waals surface area contributed by atoms with Crippen molar-refractivity contribution in [1.82, 2.24) is 5.32 Å². The van der Waals surface area contributed by atoms with E-state index in [9.17, 15) is 0 Å². The second-order valence-corrected chi connectivity index (χ2v) is 4.92. The molecule has 0 saturated carbocycles. The molecule has 21 heavy (non-hydrogen) atoms. The van der Waals surface area contributed by atoms with Gasteiger partial charge >= 0.3 is 0 Å². The van der Waals surface area contributed by atoms with Crippen molar-refractivity contribution in [1.29, 1.82) is 0 Å². The van der Waals surface area contributed by atoms with Gasteiger partial charge in [-0.1, -0.05) is 39.0 Å². The number of hydrogen-bond donors (Lipinski definition) is 2. The number of guanidine groups is 1. The summed E-state index contributed by atoms with van der Waals surface area (Å²) in [5.74, 6) is 0.484. The zero-order valence-corrected chi connectivity index (χ0v) is 16.1. The molecule has 0 saturated heterocycles. The summed E-state index contributed by atoms with van der Waals surface area (Å²) in [5, 5.41) is 2.98. The number of nitrogens with zero attached hydrogens (tertiary/aromatic N) is 1. The largest absolute Gasteiger partial charge is 0.383 e. The minimum absolute atomic E-state index is 0. The number of nitrogens with one attached hydrogen (secondary N) is 1. The van der Waals surface area contributed by atoms with E-state index in [-0.39, 0.29) is 24.0 Å². The normalized spacial score (nSPS) is 11.2. The van der Waals surface area contributed by atoms with Crippen LogP contribution in [-0.4, -0.2) is 46.0 Å². The summed E-state index contributed by atoms with van der Waals surface area (Å²) in [4.78, 5) is 4.21. The van der Waals surface area contributed by atoms with Gasteiger partial charge in [0.1, 0.15) is 0 Å². The summed E-state index contributed by atoms with van der Waals surface area (Å²) in [6, 6.07) is 0. The van der Waals surface area contributed by atoms with E-state index in [0.29, 0.717) is 25.7 Å². The lowest BCUT2D eigenvalue weighted by Gasteiger charge is -2.05. The van der Waals surface area contributed by atoms with Gasteiger partial charge in [0.25, 0.3) is 0 Å². The molecule has 0 aliphatic carbocycles. The van der Waals surface area contributed by atoms with Crippen LogP contribution < -0.4 is 11.1 Å². The summed E-state index contributed by atoms with van der Waals surface area (Å²) < 4.78 is 10.5. The Hall–Kier alpha value is -0.0800. The molecule has 0 aromatic rings. The molecule has 0 atom stereocenters. The third-order valence-electron chi connectivity index (χ3n) is 2.98. The van der Waals surface area contributed by atoms with Crippen LogP contribution in [0.15, 0.2) is 4.99 Å². The summed E-state index contributed by atoms with van der Waals surface area (Å²) in [6.45, 7) is 5.92. The Morgan fingerprint density at radius 3 is 2.38 bits per heavy atom. The number of ether oxygens (including phenoxy) is 2. The molecule has 0 aliphatic heterocycles. The molecule has 0 aromatic carbocycles. The van der Waals surface area contributed by atoms with Gasteiger partial charge < -0.3 is 20.5 Å². The summed E-state index contributed by atoms with van der Waals surface area (Å²) in [6.07, 6.45) is 8.75. The number of aliphatic imine (C=N–C) groups is 1. The van der Waals surface area contributed by atoms with Crippen molar-refractivity contribution in [2.45, 2.75) is 51.9 Å². The van der Waals surface area contributed by atoms with Crippen molar-refractivity contribution in [2.75, 3.05) is 40.0 Å². The average Bonchev–Trinajstić information content (AvgIpc) is 2.45. The first kappa shape index (κ1) is 23.2. The summed E-state index contributed by atoms with van der Waals surface area (Å²) in [5.41, 5.74) is 5.68. The van der Waals surface area contributed by atoms with Gasteiger partial charge in [-0.3, -0.25) is 4.99 Å². The second-order valence-electron chi connectivity index (χ2n) is 4.92. The van der Waals surface area contributed by atoms with E-state index < -0.39 is 0 Å². The average molecular weight is 415 g/mol. The van der Waals surface area contributed by atoms with Crippen LogP contribution in [0.4, 0.5) is 0 Å². The van der Waals surface area contributed by atoms with Gasteiger partial charge in [0.05, 0.1) is 6.61 Å². The Morgan fingerprint density at radius 2 is 1.67 bits per heavy atom. The molecule has 3 N–H and O–H groups in total. The molecule has 0 aromatic heterocycles. The smallest absolute Gasteiger partial charge is 0.188 e. The maximum Gasteiger partial charge on any atom is 0.188 e. The Morgan fingerprint density at radius 1 is 1.00 bits per heavy atom. The molecular weight excluding hydrogens is 381 g/mol. The van der Waals surface area contributed by atoms with Crippen molar-refractivity contribution in [3.05, 3.63) is 0 Å². The lowest BCUT2D eigenvalue weighted by Crippen LogP contribution is -2.34. The zero-order chi connectivity index (χ0) is 14.9. The molecule has 0 spiro atoms. The first-order chi connectivity index (χ1) is 9.81. The monoisotopic (exact) mass is 415 g/mol. The number of methoxy groups -OCH3 is 1. The fourth-order valence-corrected chi connectivity index (χ4v) is 1.79. The number of halogens is 1. The topological polar surface area (TPSA) is 68.9 Å². The number of rotatable bonds is 14. The van der Waals surface area contributed by atoms with Crippen LogP contribution in [0.1, 0.15) is 51.9 Å². The highest BCUT2D eigenvalue weighted by Gasteiger charge is 1.93. The fourth-order valence-electron chi connectivity index (χ4n) is 1.79. The molecule has 0 aliphatic rings. The fraction of sp³-hybridized carbons (Fsp3) is 0.933. The predicted octanol–water partition coefficient (Wildman–Crippen LogP) is 2.92. The quantitative estimate of drug-likeness (QED) is 0.198. The van der Waals surface area contributed by atoms with E-state index in [1.54, 1.807) is 7.11 Å². The Labute approximate surface area is 147 Å². The number of hydrogen-bond acceptors (Lipinski definition) is 3. The molecule has 0 fully saturated rings. The van der Waals surface area contributed by atoms with E-state index in [0.717, 1.165) is 19.6 Å². The van der Waals surface area contributed by atoms with Crippen LogP contribution in [0.5, 0.6) is 0 Å². The van der Waals surface area contributed by atoms with Crippen molar-refractivity contribution < 1.29 is 9.47 Å². The molecule has 0 heterocycles. The number of nitrogens with two attached hydrogens (primary N) is 1. The lowest BCUT2D eigenvalue weighted by atomic mass is 10.1. The second kappa shape index (κ2) is 19.9. The SMILES string of the molecule is CCCCCCCCOCCCN=C(N)NCCOC.I. The molecule has 0 bridgehead atoms. The van der Waals surface area contributed by atoms with Gasteiger partial charge in [-0.05, 0) is 12.8 Å². The first-order valence-electron chi connectivity index (χ1n) is 7.91. The Balaban J connectivity index is 0. The van der Waals surface area contributed by atoms with Gasteiger partial charge in [0.2, 0.25) is 0 Å². The Bertz CT molecular complexity index is 229. The zero-order valence-electron chi connectivity index (χ0n) is 13.7. The maximum absolute atomic E-state index is 5.68. The van der Waals surface area contributed by atoms with Crippen LogP contribution in [0.25, 0.3) is 0 Å². The van der Waals surface area contributed by atoms with Crippen LogP contribution in [0, 0.1) is 0 Å². The Kier molecular flexibility index (Phi) is 22.0.